The number of nitriles is 1. The summed E-state index contributed by atoms with van der Waals surface area (Å²) in [6, 6.07) is 0. The predicted octanol–water partition coefficient (Wildman–Crippen LogP) is -0.643. The first-order valence-corrected chi connectivity index (χ1v) is 3.91. The molecule has 12 heavy (non-hydrogen) atoms. The van der Waals surface area contributed by atoms with Gasteiger partial charge in [-0.15, -0.1) is 0 Å². The zero-order valence-electron chi connectivity index (χ0n) is 7.04. The van der Waals surface area contributed by atoms with E-state index in [1.54, 1.807) is 5.98 Å². The van der Waals surface area contributed by atoms with E-state index in [0.717, 1.165) is 18.9 Å². The molecule has 1 rings (SSSR count). The fourth-order valence-corrected chi connectivity index (χ4v) is 0.910. The molecule has 1 heterocycles. The van der Waals surface area contributed by atoms with Crippen molar-refractivity contribution in [1.29, 1.82) is 5.26 Å². The van der Waals surface area contributed by atoms with Crippen LogP contribution in [0.2, 0.25) is 0 Å². The van der Waals surface area contributed by atoms with E-state index in [4.69, 9.17) is 5.26 Å². The predicted molar refractivity (Wildman–Crippen MR) is 49.9 cm³/mol. The van der Waals surface area contributed by atoms with Crippen molar-refractivity contribution in [3.05, 3.63) is 12.1 Å². The van der Waals surface area contributed by atoms with Gasteiger partial charge in [-0.05, 0) is 13.1 Å². The quantitative estimate of drug-likeness (QED) is 0.428. The summed E-state index contributed by atoms with van der Waals surface area (Å²) in [5.41, 5.74) is 0. The molecule has 5 heteroatoms. The molecule has 0 fully saturated rings. The summed E-state index contributed by atoms with van der Waals surface area (Å²) >= 11 is 0. The number of hydrogen-bond donors (Lipinski definition) is 2. The first kappa shape index (κ1) is 8.82. The maximum Gasteiger partial charge on any atom is 0.423 e. The standard InChI is InChI=1S/C7H11BN4/c1-10-4-5-11-7-2-3-8(6-9)12-7/h2-3,10H,4-5H2,1H3,(H,11,12). The first-order valence-electron chi connectivity index (χ1n) is 3.91. The van der Waals surface area contributed by atoms with E-state index >= 15 is 0 Å². The third kappa shape index (κ3) is 2.40. The van der Waals surface area contributed by atoms with Crippen molar-refractivity contribution in [2.75, 3.05) is 20.1 Å². The lowest BCUT2D eigenvalue weighted by atomic mass is 9.67. The van der Waals surface area contributed by atoms with Crippen LogP contribution < -0.4 is 10.6 Å². The molecule has 0 aromatic rings. The summed E-state index contributed by atoms with van der Waals surface area (Å²) in [6.07, 6.45) is 1.84. The van der Waals surface area contributed by atoms with E-state index < -0.39 is 0 Å². The van der Waals surface area contributed by atoms with Gasteiger partial charge in [0.2, 0.25) is 0 Å². The summed E-state index contributed by atoms with van der Waals surface area (Å²) in [5.74, 6) is 4.64. The third-order valence-corrected chi connectivity index (χ3v) is 1.53. The number of nitrogens with one attached hydrogen (secondary N) is 2. The minimum absolute atomic E-state index is 0.290. The molecule has 0 amide bonds. The van der Waals surface area contributed by atoms with Crippen LogP contribution in [0.3, 0.4) is 0 Å². The van der Waals surface area contributed by atoms with Gasteiger partial charge in [0.25, 0.3) is 0 Å². The molecule has 0 aromatic carbocycles. The smallest absolute Gasteiger partial charge is 0.370 e. The Labute approximate surface area is 72.5 Å². The number of amidine groups is 1. The fourth-order valence-electron chi connectivity index (χ4n) is 0.910. The summed E-state index contributed by atoms with van der Waals surface area (Å²) in [5, 5.41) is 14.6. The van der Waals surface area contributed by atoms with Gasteiger partial charge in [0.1, 0.15) is 5.84 Å². The van der Waals surface area contributed by atoms with Gasteiger partial charge in [-0.1, -0.05) is 5.98 Å². The maximum atomic E-state index is 8.51. The van der Waals surface area contributed by atoms with Crippen LogP contribution in [-0.2, 0) is 0 Å². The van der Waals surface area contributed by atoms with Crippen molar-refractivity contribution in [3.8, 4) is 5.97 Å². The molecule has 2 N–H and O–H groups in total. The van der Waals surface area contributed by atoms with Crippen LogP contribution in [0.15, 0.2) is 17.0 Å². The molecule has 0 bridgehead atoms. The molecule has 0 atom stereocenters. The molecule has 0 aliphatic carbocycles. The van der Waals surface area contributed by atoms with Gasteiger partial charge in [0.05, 0.1) is 0 Å². The van der Waals surface area contributed by atoms with Gasteiger partial charge >= 0.3 is 6.85 Å². The summed E-state index contributed by atoms with van der Waals surface area (Å²) in [4.78, 5) is 4.08. The largest absolute Gasteiger partial charge is 0.423 e. The van der Waals surface area contributed by atoms with Crippen LogP contribution in [0.4, 0.5) is 0 Å². The van der Waals surface area contributed by atoms with Crippen LogP contribution in [0, 0.1) is 11.2 Å². The van der Waals surface area contributed by atoms with E-state index in [1.807, 2.05) is 13.1 Å². The highest BCUT2D eigenvalue weighted by Crippen LogP contribution is 1.96. The Morgan fingerprint density at radius 2 is 2.50 bits per heavy atom. The number of nitrogens with zero attached hydrogens (tertiary/aromatic N) is 2. The molecule has 1 aliphatic heterocycles. The zero-order chi connectivity index (χ0) is 8.81. The van der Waals surface area contributed by atoms with E-state index in [0.29, 0.717) is 0 Å². The van der Waals surface area contributed by atoms with Crippen molar-refractivity contribution in [3.63, 3.8) is 0 Å². The molecule has 0 unspecified atom stereocenters. The highest BCUT2D eigenvalue weighted by molar-refractivity contribution is 6.73. The topological polar surface area (TPSA) is 60.2 Å². The minimum atomic E-state index is -0.290. The average molecular weight is 162 g/mol. The second-order valence-electron chi connectivity index (χ2n) is 2.48. The lowest BCUT2D eigenvalue weighted by Gasteiger charge is -2.02. The Balaban J connectivity index is 2.27. The minimum Gasteiger partial charge on any atom is -0.370 e. The highest BCUT2D eigenvalue weighted by atomic mass is 15.0. The number of rotatable bonds is 3. The van der Waals surface area contributed by atoms with Crippen molar-refractivity contribution in [2.45, 2.75) is 0 Å². The highest BCUT2D eigenvalue weighted by Gasteiger charge is 2.14. The molecule has 0 saturated carbocycles. The average Bonchev–Trinajstić information content (AvgIpc) is 2.53. The Morgan fingerprint density at radius 1 is 1.67 bits per heavy atom. The molecular formula is C7H11BN4. The molecular weight excluding hydrogens is 151 g/mol. The van der Waals surface area contributed by atoms with Crippen molar-refractivity contribution >= 4 is 12.7 Å². The van der Waals surface area contributed by atoms with E-state index in [1.165, 1.54) is 0 Å². The lowest BCUT2D eigenvalue weighted by Crippen LogP contribution is -2.28. The number of hydrogen-bond acceptors (Lipinski definition) is 4. The molecule has 1 aliphatic rings. The first-order chi connectivity index (χ1) is 5.86. The van der Waals surface area contributed by atoms with Gasteiger partial charge < -0.3 is 15.5 Å². The molecule has 62 valence electrons. The maximum absolute atomic E-state index is 8.51. The van der Waals surface area contributed by atoms with Gasteiger partial charge in [-0.25, -0.2) is 5.26 Å². The SMILES string of the molecule is CNCCNC1=NB(C#N)C=C1. The Morgan fingerprint density at radius 3 is 3.08 bits per heavy atom. The second-order valence-corrected chi connectivity index (χ2v) is 2.48. The molecule has 4 nitrogen and oxygen atoms in total. The van der Waals surface area contributed by atoms with Crippen LogP contribution in [0.25, 0.3) is 0 Å². The van der Waals surface area contributed by atoms with Gasteiger partial charge in [0.15, 0.2) is 0 Å². The molecule has 0 saturated heterocycles. The normalized spacial score (nSPS) is 14.3. The van der Waals surface area contributed by atoms with Crippen molar-refractivity contribution in [2.24, 2.45) is 4.90 Å². The summed E-state index contributed by atoms with van der Waals surface area (Å²) in [6.45, 7) is 1.43. The lowest BCUT2D eigenvalue weighted by molar-refractivity contribution is 0.759. The second kappa shape index (κ2) is 4.57. The van der Waals surface area contributed by atoms with E-state index in [2.05, 4.69) is 21.5 Å². The third-order valence-electron chi connectivity index (χ3n) is 1.53. The monoisotopic (exact) mass is 162 g/mol. The van der Waals surface area contributed by atoms with Crippen molar-refractivity contribution < 1.29 is 0 Å². The van der Waals surface area contributed by atoms with E-state index in [-0.39, 0.29) is 6.85 Å². The van der Waals surface area contributed by atoms with E-state index in [9.17, 15) is 0 Å². The van der Waals surface area contributed by atoms with Gasteiger partial charge in [-0.3, -0.25) is 0 Å². The Bertz CT molecular complexity index is 240. The summed E-state index contributed by atoms with van der Waals surface area (Å²) < 4.78 is 0. The molecule has 0 radical (unpaired) electrons. The number of likely N-dealkylation sites (N-methyl/N-ethyl adjacent to an activating group) is 1. The molecule has 0 aromatic heterocycles. The molecule has 0 spiro atoms. The summed E-state index contributed by atoms with van der Waals surface area (Å²) in [7, 11) is 1.89. The zero-order valence-corrected chi connectivity index (χ0v) is 7.04. The fraction of sp³-hybridized carbons (Fsp3) is 0.429. The van der Waals surface area contributed by atoms with Crippen molar-refractivity contribution in [1.82, 2.24) is 10.6 Å². The van der Waals surface area contributed by atoms with Crippen LogP contribution in [-0.4, -0.2) is 32.8 Å². The van der Waals surface area contributed by atoms with Gasteiger partial charge in [0, 0.05) is 19.1 Å². The Kier molecular flexibility index (Phi) is 3.36. The van der Waals surface area contributed by atoms with Gasteiger partial charge in [-0.2, -0.15) is 0 Å². The van der Waals surface area contributed by atoms with Crippen LogP contribution >= 0.6 is 0 Å². The van der Waals surface area contributed by atoms with Crippen LogP contribution in [0.1, 0.15) is 0 Å². The van der Waals surface area contributed by atoms with Crippen LogP contribution in [0.5, 0.6) is 0 Å². The Hall–Kier alpha value is -1.28.